The van der Waals surface area contributed by atoms with Gasteiger partial charge in [0.1, 0.15) is 6.71 Å². The smallest absolute Gasteiger partial charge is 0.294 e. The average molecular weight is 181 g/mol. The molecule has 0 aromatic heterocycles. The lowest BCUT2D eigenvalue weighted by molar-refractivity contribution is 0.434. The molecule has 0 bridgehead atoms. The molecular weight excluding hydrogens is 158 g/mol. The minimum absolute atomic E-state index is 0.605. The third-order valence-corrected chi connectivity index (χ3v) is 2.47. The first-order chi connectivity index (χ1) is 6.24. The molecule has 13 heavy (non-hydrogen) atoms. The molecule has 0 aliphatic carbocycles. The van der Waals surface area contributed by atoms with Crippen LogP contribution < -0.4 is 0 Å². The molecule has 0 amide bonds. The van der Waals surface area contributed by atoms with Gasteiger partial charge in [-0.15, -0.1) is 0 Å². The Labute approximate surface area is 85.0 Å². The summed E-state index contributed by atoms with van der Waals surface area (Å²) in [6.07, 6.45) is 6.65. The first kappa shape index (κ1) is 13.1. The summed E-state index contributed by atoms with van der Waals surface area (Å²) in [6, 6.07) is 0. The zero-order chi connectivity index (χ0) is 10.1. The van der Waals surface area contributed by atoms with Crippen LogP contribution in [0.1, 0.15) is 33.6 Å². The molecule has 0 rings (SSSR count). The van der Waals surface area contributed by atoms with Gasteiger partial charge in [0.2, 0.25) is 0 Å². The van der Waals surface area contributed by atoms with Crippen molar-refractivity contribution in [3.63, 3.8) is 0 Å². The molecule has 3 heteroatoms. The Morgan fingerprint density at radius 2 is 1.77 bits per heavy atom. The van der Waals surface area contributed by atoms with E-state index < -0.39 is 0 Å². The highest BCUT2D eigenvalue weighted by molar-refractivity contribution is 6.60. The molecule has 0 saturated carbocycles. The van der Waals surface area contributed by atoms with Gasteiger partial charge in [-0.2, -0.15) is 0 Å². The molecule has 0 heterocycles. The van der Waals surface area contributed by atoms with Gasteiger partial charge >= 0.3 is 0 Å². The second-order valence-electron chi connectivity index (χ2n) is 4.03. The Balaban J connectivity index is 3.64. The molecule has 0 saturated heterocycles. The van der Waals surface area contributed by atoms with E-state index in [4.69, 9.17) is 4.65 Å². The molecule has 0 N–H and O–H groups in total. The molecule has 0 aromatic carbocycles. The van der Waals surface area contributed by atoms with E-state index in [-0.39, 0.29) is 0 Å². The van der Waals surface area contributed by atoms with Crippen molar-refractivity contribution in [1.82, 2.24) is 0 Å². The third-order valence-electron chi connectivity index (χ3n) is 2.47. The summed E-state index contributed by atoms with van der Waals surface area (Å²) in [5.74, 6) is 0.605. The van der Waals surface area contributed by atoms with Crippen LogP contribution in [-0.2, 0) is 4.65 Å². The van der Waals surface area contributed by atoms with Crippen LogP contribution in [0.2, 0.25) is 24.8 Å². The summed E-state index contributed by atoms with van der Waals surface area (Å²) in [4.78, 5) is 0. The number of hydrogen-bond donors (Lipinski definition) is 0. The van der Waals surface area contributed by atoms with Crippen LogP contribution >= 0.6 is 0 Å². The number of hydrogen-bond acceptors (Lipinski definition) is 1. The summed E-state index contributed by atoms with van der Waals surface area (Å²) in [5.41, 5.74) is 0. The van der Waals surface area contributed by atoms with Crippen molar-refractivity contribution in [2.24, 2.45) is 0 Å². The SMILES string of the molecule is CCCB(CCC)CC(C)[B]OC. The predicted octanol–water partition coefficient (Wildman–Crippen LogP) is 3.38. The fraction of sp³-hybridized carbons (Fsp3) is 1.00. The Hall–Kier alpha value is 0.0899. The number of rotatable bonds is 8. The molecule has 1 unspecified atom stereocenters. The highest BCUT2D eigenvalue weighted by atomic mass is 16.4. The van der Waals surface area contributed by atoms with Crippen LogP contribution in [0, 0.1) is 0 Å². The van der Waals surface area contributed by atoms with Crippen LogP contribution in [-0.4, -0.2) is 21.3 Å². The standard InChI is InChI=1S/C10H23B2O/c1-5-7-12(8-6-2)9-10(3)11-13-4/h10H,5-9H2,1-4H3. The minimum Gasteiger partial charge on any atom is -0.443 e. The van der Waals surface area contributed by atoms with Crippen LogP contribution in [0.5, 0.6) is 0 Å². The van der Waals surface area contributed by atoms with Crippen molar-refractivity contribution in [1.29, 1.82) is 0 Å². The van der Waals surface area contributed by atoms with Crippen molar-refractivity contribution in [2.75, 3.05) is 7.11 Å². The van der Waals surface area contributed by atoms with E-state index in [9.17, 15) is 0 Å². The second kappa shape index (κ2) is 8.68. The van der Waals surface area contributed by atoms with Gasteiger partial charge in [-0.1, -0.05) is 52.6 Å². The van der Waals surface area contributed by atoms with Crippen molar-refractivity contribution >= 4 is 14.2 Å². The Kier molecular flexibility index (Phi) is 8.74. The van der Waals surface area contributed by atoms with Gasteiger partial charge < -0.3 is 4.65 Å². The maximum Gasteiger partial charge on any atom is 0.294 e. The summed E-state index contributed by atoms with van der Waals surface area (Å²) in [6.45, 7) is 7.68. The minimum atomic E-state index is 0.605. The first-order valence-electron chi connectivity index (χ1n) is 5.60. The van der Waals surface area contributed by atoms with Crippen molar-refractivity contribution in [3.05, 3.63) is 0 Å². The predicted molar refractivity (Wildman–Crippen MR) is 62.9 cm³/mol. The van der Waals surface area contributed by atoms with Gasteiger partial charge in [0.25, 0.3) is 7.48 Å². The molecule has 1 nitrogen and oxygen atoms in total. The molecule has 0 aliphatic heterocycles. The summed E-state index contributed by atoms with van der Waals surface area (Å²) in [7, 11) is 3.70. The molecule has 0 aliphatic rings. The Morgan fingerprint density at radius 3 is 2.15 bits per heavy atom. The van der Waals surface area contributed by atoms with Gasteiger partial charge in [-0.3, -0.25) is 0 Å². The molecular formula is C10H23B2O. The maximum atomic E-state index is 5.04. The van der Waals surface area contributed by atoms with E-state index >= 15 is 0 Å². The zero-order valence-corrected chi connectivity index (χ0v) is 9.68. The van der Waals surface area contributed by atoms with E-state index in [0.29, 0.717) is 5.82 Å². The first-order valence-corrected chi connectivity index (χ1v) is 5.60. The summed E-state index contributed by atoms with van der Waals surface area (Å²) in [5, 5.41) is 0. The van der Waals surface area contributed by atoms with Gasteiger partial charge in [0.05, 0.1) is 0 Å². The van der Waals surface area contributed by atoms with Crippen LogP contribution in [0.25, 0.3) is 0 Å². The van der Waals surface area contributed by atoms with Crippen molar-refractivity contribution in [3.8, 4) is 0 Å². The largest absolute Gasteiger partial charge is 0.443 e. The normalized spacial score (nSPS) is 12.6. The lowest BCUT2D eigenvalue weighted by Gasteiger charge is -2.15. The summed E-state index contributed by atoms with van der Waals surface area (Å²) < 4.78 is 5.04. The van der Waals surface area contributed by atoms with E-state index in [1.807, 2.05) is 7.48 Å². The molecule has 0 fully saturated rings. The fourth-order valence-electron chi connectivity index (χ4n) is 2.01. The molecule has 0 spiro atoms. The highest BCUT2D eigenvalue weighted by Crippen LogP contribution is 2.19. The fourth-order valence-corrected chi connectivity index (χ4v) is 2.01. The van der Waals surface area contributed by atoms with E-state index in [2.05, 4.69) is 20.8 Å². The van der Waals surface area contributed by atoms with E-state index in [0.717, 1.165) is 6.71 Å². The zero-order valence-electron chi connectivity index (χ0n) is 9.68. The Bertz CT molecular complexity index is 103. The van der Waals surface area contributed by atoms with Crippen molar-refractivity contribution < 1.29 is 4.65 Å². The monoisotopic (exact) mass is 181 g/mol. The van der Waals surface area contributed by atoms with Crippen LogP contribution in [0.3, 0.4) is 0 Å². The maximum absolute atomic E-state index is 5.04. The lowest BCUT2D eigenvalue weighted by atomic mass is 9.38. The van der Waals surface area contributed by atoms with Crippen LogP contribution in [0.15, 0.2) is 0 Å². The molecule has 75 valence electrons. The highest BCUT2D eigenvalue weighted by Gasteiger charge is 2.16. The van der Waals surface area contributed by atoms with Gasteiger partial charge in [0.15, 0.2) is 0 Å². The van der Waals surface area contributed by atoms with Gasteiger partial charge in [0, 0.05) is 7.11 Å². The van der Waals surface area contributed by atoms with Crippen LogP contribution in [0.4, 0.5) is 0 Å². The van der Waals surface area contributed by atoms with E-state index in [1.165, 1.54) is 31.8 Å². The summed E-state index contributed by atoms with van der Waals surface area (Å²) >= 11 is 0. The molecule has 1 atom stereocenters. The third kappa shape index (κ3) is 7.18. The quantitative estimate of drug-likeness (QED) is 0.521. The second-order valence-corrected chi connectivity index (χ2v) is 4.03. The molecule has 1 radical (unpaired) electrons. The average Bonchev–Trinajstić information content (AvgIpc) is 2.05. The topological polar surface area (TPSA) is 9.23 Å². The van der Waals surface area contributed by atoms with E-state index in [1.54, 1.807) is 7.11 Å². The van der Waals surface area contributed by atoms with Gasteiger partial charge in [-0.05, 0) is 5.82 Å². The molecule has 0 aromatic rings. The Morgan fingerprint density at radius 1 is 1.23 bits per heavy atom. The van der Waals surface area contributed by atoms with Gasteiger partial charge in [-0.25, -0.2) is 0 Å². The van der Waals surface area contributed by atoms with Crippen molar-refractivity contribution in [2.45, 2.75) is 58.4 Å². The lowest BCUT2D eigenvalue weighted by Crippen LogP contribution is -2.16.